The standard InChI is InChI=1S/C25H24ClF3N4O2S2.C4H4N2O/c1-4-19(34)33-13(2)10-31(11-14(33)3)23-16-9-17(25(27,28)29)20(18-8-15(26)12-37-18)22-21(16)32(24(35)30-23)6-5-7-36-22;7-4-3-5-1-2-6-4/h4,8-9,12-14H,1,5-7,10-11H2,2-3H3;1-3H,(H,6,7). The molecule has 0 radical (unpaired) electrons. The van der Waals surface area contributed by atoms with Gasteiger partial charge in [0.25, 0.3) is 5.56 Å². The Morgan fingerprint density at radius 2 is 1.93 bits per heavy atom. The molecule has 1 amide bonds. The van der Waals surface area contributed by atoms with Crippen LogP contribution in [0.4, 0.5) is 19.0 Å². The molecule has 0 aliphatic carbocycles. The van der Waals surface area contributed by atoms with Crippen LogP contribution in [0.15, 0.2) is 63.2 Å². The highest BCUT2D eigenvalue weighted by Gasteiger charge is 2.39. The Morgan fingerprint density at radius 1 is 1.20 bits per heavy atom. The zero-order chi connectivity index (χ0) is 31.8. The molecule has 3 aromatic heterocycles. The Labute approximate surface area is 263 Å². The Morgan fingerprint density at radius 3 is 2.48 bits per heavy atom. The number of H-pyrrole nitrogens is 1. The van der Waals surface area contributed by atoms with Crippen LogP contribution in [0.1, 0.15) is 25.8 Å². The molecular formula is C29H28ClF3N6O3S2. The fourth-order valence-electron chi connectivity index (χ4n) is 5.64. The van der Waals surface area contributed by atoms with E-state index in [0.29, 0.717) is 52.1 Å². The Kier molecular flexibility index (Phi) is 9.23. The van der Waals surface area contributed by atoms with Gasteiger partial charge in [-0.25, -0.2) is 4.79 Å². The number of halogens is 4. The third kappa shape index (κ3) is 6.28. The number of carbonyl (C=O) groups excluding carboxylic acids is 1. The first-order valence-corrected chi connectivity index (χ1v) is 15.9. The van der Waals surface area contributed by atoms with Crippen LogP contribution in [-0.4, -0.2) is 61.3 Å². The molecule has 9 nitrogen and oxygen atoms in total. The van der Waals surface area contributed by atoms with Gasteiger partial charge in [-0.2, -0.15) is 18.2 Å². The van der Waals surface area contributed by atoms with Crippen LogP contribution in [-0.2, 0) is 17.5 Å². The van der Waals surface area contributed by atoms with E-state index >= 15 is 0 Å². The number of thioether (sulfide) groups is 1. The predicted molar refractivity (Wildman–Crippen MR) is 168 cm³/mol. The van der Waals surface area contributed by atoms with Crippen LogP contribution in [0.25, 0.3) is 21.3 Å². The maximum atomic E-state index is 14.6. The summed E-state index contributed by atoms with van der Waals surface area (Å²) in [5.41, 5.74) is -0.918. The van der Waals surface area contributed by atoms with Crippen molar-refractivity contribution in [3.63, 3.8) is 0 Å². The van der Waals surface area contributed by atoms with Crippen molar-refractivity contribution in [2.75, 3.05) is 23.7 Å². The lowest BCUT2D eigenvalue weighted by Crippen LogP contribution is -2.58. The van der Waals surface area contributed by atoms with E-state index in [4.69, 9.17) is 11.6 Å². The number of aromatic nitrogens is 4. The summed E-state index contributed by atoms with van der Waals surface area (Å²) in [5, 5.41) is 2.25. The molecule has 4 aromatic rings. The first-order valence-electron chi connectivity index (χ1n) is 13.6. The van der Waals surface area contributed by atoms with Gasteiger partial charge in [0.1, 0.15) is 5.82 Å². The van der Waals surface area contributed by atoms with Gasteiger partial charge in [0, 0.05) is 70.2 Å². The minimum absolute atomic E-state index is 0.0530. The van der Waals surface area contributed by atoms with Crippen LogP contribution in [0.2, 0.25) is 5.02 Å². The number of hydrogen-bond acceptors (Lipinski definition) is 8. The monoisotopic (exact) mass is 664 g/mol. The number of rotatable bonds is 3. The Balaban J connectivity index is 0.000000484. The second-order valence-electron chi connectivity index (χ2n) is 10.4. The van der Waals surface area contributed by atoms with Gasteiger partial charge >= 0.3 is 11.9 Å². The van der Waals surface area contributed by atoms with Gasteiger partial charge in [-0.3, -0.25) is 19.1 Å². The number of aromatic amines is 1. The van der Waals surface area contributed by atoms with Gasteiger partial charge in [-0.1, -0.05) is 18.2 Å². The highest BCUT2D eigenvalue weighted by molar-refractivity contribution is 7.99. The minimum Gasteiger partial charge on any atom is -0.352 e. The van der Waals surface area contributed by atoms with Crippen molar-refractivity contribution in [3.05, 3.63) is 80.2 Å². The molecule has 15 heteroatoms. The minimum atomic E-state index is -4.64. The Hall–Kier alpha value is -3.62. The van der Waals surface area contributed by atoms with E-state index in [1.54, 1.807) is 10.3 Å². The quantitative estimate of drug-likeness (QED) is 0.281. The summed E-state index contributed by atoms with van der Waals surface area (Å²) in [6.45, 7) is 8.31. The van der Waals surface area contributed by atoms with Gasteiger partial charge in [-0.05, 0) is 44.2 Å². The molecule has 5 heterocycles. The van der Waals surface area contributed by atoms with Gasteiger partial charge < -0.3 is 14.8 Å². The lowest BCUT2D eigenvalue weighted by Gasteiger charge is -2.44. The molecule has 0 bridgehead atoms. The molecule has 1 N–H and O–H groups in total. The van der Waals surface area contributed by atoms with E-state index in [2.05, 4.69) is 21.5 Å². The number of thiophene rings is 1. The molecule has 0 saturated carbocycles. The summed E-state index contributed by atoms with van der Waals surface area (Å²) < 4.78 is 45.2. The molecule has 232 valence electrons. The summed E-state index contributed by atoms with van der Waals surface area (Å²) in [5.74, 6) is 0.566. The second-order valence-corrected chi connectivity index (χ2v) is 12.8. The van der Waals surface area contributed by atoms with Crippen molar-refractivity contribution in [1.29, 1.82) is 0 Å². The fraction of sp³-hybridized carbons (Fsp3) is 0.345. The van der Waals surface area contributed by atoms with Gasteiger partial charge in [0.2, 0.25) is 5.91 Å². The number of carbonyl (C=O) groups is 1. The molecule has 1 saturated heterocycles. The van der Waals surface area contributed by atoms with Crippen LogP contribution < -0.4 is 16.1 Å². The molecule has 6 rings (SSSR count). The maximum Gasteiger partial charge on any atom is 0.417 e. The number of hydrogen-bond donors (Lipinski definition) is 1. The van der Waals surface area contributed by atoms with Gasteiger partial charge in [0.15, 0.2) is 0 Å². The lowest BCUT2D eigenvalue weighted by molar-refractivity contribution is -0.137. The Bertz CT molecular complexity index is 1810. The highest BCUT2D eigenvalue weighted by Crippen LogP contribution is 2.49. The smallest absolute Gasteiger partial charge is 0.352 e. The molecule has 2 atom stereocenters. The first-order chi connectivity index (χ1) is 20.9. The molecule has 2 aliphatic rings. The first kappa shape index (κ1) is 31.8. The van der Waals surface area contributed by atoms with Crippen LogP contribution in [0.3, 0.4) is 0 Å². The van der Waals surface area contributed by atoms with Crippen molar-refractivity contribution in [2.45, 2.75) is 50.0 Å². The van der Waals surface area contributed by atoms with Crippen molar-refractivity contribution in [3.8, 4) is 10.4 Å². The van der Waals surface area contributed by atoms with Crippen LogP contribution in [0, 0.1) is 0 Å². The topological polar surface area (TPSA) is 104 Å². The van der Waals surface area contributed by atoms with E-state index < -0.39 is 17.4 Å². The highest BCUT2D eigenvalue weighted by atomic mass is 35.5. The zero-order valence-electron chi connectivity index (χ0n) is 23.7. The molecule has 1 aromatic carbocycles. The maximum absolute atomic E-state index is 14.6. The predicted octanol–water partition coefficient (Wildman–Crippen LogP) is 5.67. The van der Waals surface area contributed by atoms with Crippen molar-refractivity contribution in [1.82, 2.24) is 24.4 Å². The summed E-state index contributed by atoms with van der Waals surface area (Å²) in [6, 6.07) is 2.15. The van der Waals surface area contributed by atoms with Gasteiger partial charge in [-0.15, -0.1) is 23.1 Å². The number of nitrogens with zero attached hydrogens (tertiary/aromatic N) is 5. The van der Waals surface area contributed by atoms with Gasteiger partial charge in [0.05, 0.1) is 22.3 Å². The summed E-state index contributed by atoms with van der Waals surface area (Å²) in [4.78, 5) is 50.4. The van der Waals surface area contributed by atoms with Crippen molar-refractivity contribution in [2.24, 2.45) is 0 Å². The molecule has 0 spiro atoms. The summed E-state index contributed by atoms with van der Waals surface area (Å²) in [6.07, 6.45) is 1.46. The lowest BCUT2D eigenvalue weighted by atomic mass is 10.0. The largest absolute Gasteiger partial charge is 0.417 e. The molecule has 1 fully saturated rings. The van der Waals surface area contributed by atoms with E-state index in [9.17, 15) is 27.6 Å². The fourth-order valence-corrected chi connectivity index (χ4v) is 8.04. The van der Waals surface area contributed by atoms with Crippen molar-refractivity contribution >= 4 is 57.3 Å². The number of piperazine rings is 1. The zero-order valence-corrected chi connectivity index (χ0v) is 26.1. The van der Waals surface area contributed by atoms with Crippen LogP contribution in [0.5, 0.6) is 0 Å². The molecule has 2 unspecified atom stereocenters. The van der Waals surface area contributed by atoms with Crippen molar-refractivity contribution < 1.29 is 18.0 Å². The number of aryl methyl sites for hydroxylation is 1. The summed E-state index contributed by atoms with van der Waals surface area (Å²) in [7, 11) is 0. The number of nitrogens with one attached hydrogen (secondary N) is 1. The third-order valence-corrected chi connectivity index (χ3v) is 9.79. The summed E-state index contributed by atoms with van der Waals surface area (Å²) >= 11 is 8.58. The second kappa shape index (κ2) is 12.8. The number of benzene rings is 1. The number of anilines is 1. The van der Waals surface area contributed by atoms with E-state index in [-0.39, 0.29) is 40.3 Å². The van der Waals surface area contributed by atoms with Crippen LogP contribution >= 0.6 is 34.7 Å². The normalized spacial score (nSPS) is 18.4. The average Bonchev–Trinajstić information content (AvgIpc) is 3.27. The van der Waals surface area contributed by atoms with E-state index in [0.717, 1.165) is 17.4 Å². The molecule has 2 aliphatic heterocycles. The SMILES string of the molecule is C=CC(=O)N1C(C)CN(c2nc(=O)n3c4c(c(-c5cc(Cl)cs5)c(C(F)(F)F)cc24)SCCC3)CC1C.O=c1cncc[nH]1. The third-order valence-electron chi connectivity index (χ3n) is 7.32. The van der Waals surface area contributed by atoms with E-state index in [1.165, 1.54) is 47.1 Å². The molecular weight excluding hydrogens is 637 g/mol. The van der Waals surface area contributed by atoms with E-state index in [1.807, 2.05) is 18.7 Å². The number of alkyl halides is 3. The average molecular weight is 665 g/mol. The number of amides is 1. The molecule has 44 heavy (non-hydrogen) atoms.